The van der Waals surface area contributed by atoms with E-state index < -0.39 is 5.69 Å². The number of aromatic nitrogens is 4. The molecule has 0 aliphatic heterocycles. The zero-order chi connectivity index (χ0) is 21.4. The van der Waals surface area contributed by atoms with Crippen LogP contribution in [-0.2, 0) is 13.1 Å². The molecule has 0 radical (unpaired) electrons. The van der Waals surface area contributed by atoms with Crippen LogP contribution in [0.15, 0.2) is 64.4 Å². The third kappa shape index (κ3) is 3.57. The summed E-state index contributed by atoms with van der Waals surface area (Å²) in [6.45, 7) is 4.55. The second kappa shape index (κ2) is 8.13. The van der Waals surface area contributed by atoms with Crippen molar-refractivity contribution in [2.24, 2.45) is 5.92 Å². The summed E-state index contributed by atoms with van der Waals surface area (Å²) in [5.41, 5.74) is 1.09. The topological polar surface area (TPSA) is 61.8 Å². The quantitative estimate of drug-likeness (QED) is 0.461. The van der Waals surface area contributed by atoms with Gasteiger partial charge in [-0.15, -0.1) is 0 Å². The molecule has 154 valence electrons. The fourth-order valence-electron chi connectivity index (χ4n) is 3.49. The second-order valence-corrected chi connectivity index (χ2v) is 8.33. The molecule has 8 heteroatoms. The average molecular weight is 443 g/mol. The van der Waals surface area contributed by atoms with Crippen LogP contribution in [0.3, 0.4) is 0 Å². The highest BCUT2D eigenvalue weighted by Gasteiger charge is 2.21. The molecule has 4 rings (SSSR count). The first-order chi connectivity index (χ1) is 14.4. The Balaban J connectivity index is 2.04. The number of halogens is 2. The van der Waals surface area contributed by atoms with Gasteiger partial charge < -0.3 is 4.57 Å². The van der Waals surface area contributed by atoms with Crippen LogP contribution >= 0.6 is 23.2 Å². The lowest BCUT2D eigenvalue weighted by molar-refractivity contribution is 0.489. The molecular formula is C22H20Cl2N4O2. The molecule has 0 unspecified atom stereocenters. The van der Waals surface area contributed by atoms with E-state index in [1.807, 2.05) is 32.0 Å². The van der Waals surface area contributed by atoms with E-state index >= 15 is 0 Å². The van der Waals surface area contributed by atoms with Gasteiger partial charge in [0.05, 0.1) is 23.6 Å². The Morgan fingerprint density at radius 2 is 1.63 bits per heavy atom. The molecule has 0 aliphatic rings. The van der Waals surface area contributed by atoms with Gasteiger partial charge in [-0.3, -0.25) is 9.36 Å². The Morgan fingerprint density at radius 3 is 2.30 bits per heavy atom. The highest BCUT2D eigenvalue weighted by molar-refractivity contribution is 6.32. The fraction of sp³-hybridized carbons (Fsp3) is 0.227. The molecule has 0 aliphatic carbocycles. The van der Waals surface area contributed by atoms with Gasteiger partial charge in [0.2, 0.25) is 0 Å². The van der Waals surface area contributed by atoms with Gasteiger partial charge in [-0.1, -0.05) is 67.4 Å². The van der Waals surface area contributed by atoms with Crippen molar-refractivity contribution in [1.82, 2.24) is 18.7 Å². The molecular weight excluding hydrogens is 423 g/mol. The molecule has 0 bridgehead atoms. The summed E-state index contributed by atoms with van der Waals surface area (Å²) in [7, 11) is 0. The first-order valence-corrected chi connectivity index (χ1v) is 10.3. The smallest absolute Gasteiger partial charge is 0.320 e. The Bertz CT molecular complexity index is 1350. The van der Waals surface area contributed by atoms with Gasteiger partial charge in [0.25, 0.3) is 5.56 Å². The SMILES string of the molecule is CC(C)Cn1c(=O)c2c(ncn2Cc2ccccc2Cl)n(-c2ccccc2Cl)c1=O. The highest BCUT2D eigenvalue weighted by atomic mass is 35.5. The minimum Gasteiger partial charge on any atom is -0.320 e. The van der Waals surface area contributed by atoms with Crippen molar-refractivity contribution in [3.63, 3.8) is 0 Å². The predicted octanol–water partition coefficient (Wildman–Crippen LogP) is 4.36. The fourth-order valence-corrected chi connectivity index (χ4v) is 3.90. The monoisotopic (exact) mass is 442 g/mol. The lowest BCUT2D eigenvalue weighted by Crippen LogP contribution is -2.41. The summed E-state index contributed by atoms with van der Waals surface area (Å²) in [5, 5.41) is 0.998. The van der Waals surface area contributed by atoms with E-state index in [-0.39, 0.29) is 23.7 Å². The summed E-state index contributed by atoms with van der Waals surface area (Å²) < 4.78 is 4.38. The predicted molar refractivity (Wildman–Crippen MR) is 120 cm³/mol. The van der Waals surface area contributed by atoms with Gasteiger partial charge in [0.15, 0.2) is 11.2 Å². The summed E-state index contributed by atoms with van der Waals surface area (Å²) in [5.74, 6) is 0.104. The molecule has 0 saturated carbocycles. The molecule has 6 nitrogen and oxygen atoms in total. The zero-order valence-corrected chi connectivity index (χ0v) is 18.1. The van der Waals surface area contributed by atoms with Crippen LogP contribution in [0.2, 0.25) is 10.0 Å². The third-order valence-electron chi connectivity index (χ3n) is 4.84. The van der Waals surface area contributed by atoms with Crippen molar-refractivity contribution in [2.45, 2.75) is 26.9 Å². The van der Waals surface area contributed by atoms with E-state index in [4.69, 9.17) is 23.2 Å². The minimum atomic E-state index is -0.461. The van der Waals surface area contributed by atoms with Crippen molar-refractivity contribution in [3.8, 4) is 5.69 Å². The Kier molecular flexibility index (Phi) is 5.54. The number of rotatable bonds is 5. The van der Waals surface area contributed by atoms with E-state index in [9.17, 15) is 9.59 Å². The number of benzene rings is 2. The standard InChI is InChI=1S/C22H20Cl2N4O2/c1-14(2)11-27-21(29)19-20(28(22(27)30)18-10-6-5-9-17(18)24)25-13-26(19)12-15-7-3-4-8-16(15)23/h3-10,13-14H,11-12H2,1-2H3. The van der Waals surface area contributed by atoms with Gasteiger partial charge in [-0.25, -0.2) is 14.3 Å². The maximum Gasteiger partial charge on any atom is 0.337 e. The van der Waals surface area contributed by atoms with Crippen LogP contribution in [0.1, 0.15) is 19.4 Å². The second-order valence-electron chi connectivity index (χ2n) is 7.52. The van der Waals surface area contributed by atoms with E-state index in [0.29, 0.717) is 27.8 Å². The lowest BCUT2D eigenvalue weighted by atomic mass is 10.2. The van der Waals surface area contributed by atoms with Crippen molar-refractivity contribution in [3.05, 3.63) is 91.3 Å². The van der Waals surface area contributed by atoms with Crippen molar-refractivity contribution in [1.29, 1.82) is 0 Å². The molecule has 0 amide bonds. The van der Waals surface area contributed by atoms with Crippen molar-refractivity contribution >= 4 is 34.4 Å². The number of imidazole rings is 1. The van der Waals surface area contributed by atoms with Gasteiger partial charge >= 0.3 is 5.69 Å². The molecule has 0 saturated heterocycles. The van der Waals surface area contributed by atoms with Crippen LogP contribution in [-0.4, -0.2) is 18.7 Å². The Morgan fingerprint density at radius 1 is 0.967 bits per heavy atom. The number of hydrogen-bond acceptors (Lipinski definition) is 3. The molecule has 0 spiro atoms. The van der Waals surface area contributed by atoms with Gasteiger partial charge in [0, 0.05) is 11.6 Å². The van der Waals surface area contributed by atoms with E-state index in [1.165, 1.54) is 9.13 Å². The van der Waals surface area contributed by atoms with Crippen molar-refractivity contribution in [2.75, 3.05) is 0 Å². The molecule has 2 aromatic carbocycles. The molecule has 2 heterocycles. The first-order valence-electron chi connectivity index (χ1n) is 9.57. The first kappa shape index (κ1) is 20.4. The third-order valence-corrected chi connectivity index (χ3v) is 5.53. The van der Waals surface area contributed by atoms with Crippen LogP contribution in [0.4, 0.5) is 0 Å². The van der Waals surface area contributed by atoms with Gasteiger partial charge in [-0.2, -0.15) is 0 Å². The molecule has 0 fully saturated rings. The van der Waals surface area contributed by atoms with Crippen LogP contribution in [0.25, 0.3) is 16.9 Å². The molecule has 0 N–H and O–H groups in total. The lowest BCUT2D eigenvalue weighted by Gasteiger charge is -2.15. The molecule has 2 aromatic heterocycles. The zero-order valence-electron chi connectivity index (χ0n) is 16.5. The Hall–Kier alpha value is -2.83. The van der Waals surface area contributed by atoms with Crippen LogP contribution < -0.4 is 11.2 Å². The van der Waals surface area contributed by atoms with E-state index in [1.54, 1.807) is 41.2 Å². The van der Waals surface area contributed by atoms with Gasteiger partial charge in [-0.05, 0) is 29.7 Å². The van der Waals surface area contributed by atoms with Crippen LogP contribution in [0.5, 0.6) is 0 Å². The summed E-state index contributed by atoms with van der Waals surface area (Å²) in [6.07, 6.45) is 1.56. The average Bonchev–Trinajstić information content (AvgIpc) is 3.12. The van der Waals surface area contributed by atoms with Crippen LogP contribution in [0, 0.1) is 5.92 Å². The Labute approximate surface area is 182 Å². The van der Waals surface area contributed by atoms with E-state index in [2.05, 4.69) is 4.98 Å². The summed E-state index contributed by atoms with van der Waals surface area (Å²) in [4.78, 5) is 31.1. The summed E-state index contributed by atoms with van der Waals surface area (Å²) in [6, 6.07) is 14.4. The normalized spacial score (nSPS) is 11.5. The summed E-state index contributed by atoms with van der Waals surface area (Å²) >= 11 is 12.7. The maximum atomic E-state index is 13.3. The number of nitrogens with zero attached hydrogens (tertiary/aromatic N) is 4. The van der Waals surface area contributed by atoms with Gasteiger partial charge in [0.1, 0.15) is 0 Å². The number of fused-ring (bicyclic) bond motifs is 1. The largest absolute Gasteiger partial charge is 0.337 e. The van der Waals surface area contributed by atoms with E-state index in [0.717, 1.165) is 5.56 Å². The molecule has 30 heavy (non-hydrogen) atoms. The number of hydrogen-bond donors (Lipinski definition) is 0. The maximum absolute atomic E-state index is 13.3. The van der Waals surface area contributed by atoms with Crippen molar-refractivity contribution < 1.29 is 0 Å². The highest BCUT2D eigenvalue weighted by Crippen LogP contribution is 2.22. The number of para-hydroxylation sites is 1. The minimum absolute atomic E-state index is 0.104. The molecule has 4 aromatic rings. The molecule has 0 atom stereocenters.